The first kappa shape index (κ1) is 55.1. The fourth-order valence-electron chi connectivity index (χ4n) is 7.18. The molecule has 1 aliphatic rings. The van der Waals surface area contributed by atoms with Crippen LogP contribution in [0.2, 0.25) is 0 Å². The summed E-state index contributed by atoms with van der Waals surface area (Å²) < 4.78 is 11.1. The molecule has 0 aromatic carbocycles. The van der Waals surface area contributed by atoms with Crippen LogP contribution in [0.5, 0.6) is 0 Å². The fraction of sp³-hybridized carbons (Fsp3) is 0.812. The average Bonchev–Trinajstić information content (AvgIpc) is 3.23. The monoisotopic (exact) mass is 838 g/mol. The van der Waals surface area contributed by atoms with E-state index in [9.17, 15) is 40.5 Å². The molecule has 59 heavy (non-hydrogen) atoms. The Morgan fingerprint density at radius 3 is 1.59 bits per heavy atom. The van der Waals surface area contributed by atoms with Crippen LogP contribution < -0.4 is 5.32 Å². The van der Waals surface area contributed by atoms with Crippen molar-refractivity contribution >= 4 is 5.91 Å². The van der Waals surface area contributed by atoms with Crippen LogP contribution >= 0.6 is 0 Å². The maximum Gasteiger partial charge on any atom is 0.249 e. The molecule has 1 aliphatic heterocycles. The summed E-state index contributed by atoms with van der Waals surface area (Å²) in [5, 5.41) is 75.6. The highest BCUT2D eigenvalue weighted by Crippen LogP contribution is 2.23. The SMILES string of the molecule is CC/C=C/CC/C=C/CC/C=C/CCCC(O)C(O)C(COC1OC(CO)C(O)C(O)C1O)NC(=O)C(O)CCCCCCCC/C=C\CCCCCCCCCCC. The van der Waals surface area contributed by atoms with Gasteiger partial charge in [0.25, 0.3) is 0 Å². The highest BCUT2D eigenvalue weighted by molar-refractivity contribution is 5.80. The highest BCUT2D eigenvalue weighted by atomic mass is 16.7. The molecule has 11 nitrogen and oxygen atoms in total. The number of aliphatic hydroxyl groups excluding tert-OH is 7. The van der Waals surface area contributed by atoms with Crippen molar-refractivity contribution < 1.29 is 50.0 Å². The Bertz CT molecular complexity index is 1100. The lowest BCUT2D eigenvalue weighted by Crippen LogP contribution is -2.60. The third-order valence-electron chi connectivity index (χ3n) is 11.1. The van der Waals surface area contributed by atoms with E-state index in [1.807, 2.05) is 6.08 Å². The molecule has 1 fully saturated rings. The van der Waals surface area contributed by atoms with Crippen LogP contribution in [0.1, 0.15) is 181 Å². The van der Waals surface area contributed by atoms with Gasteiger partial charge in [-0.1, -0.05) is 146 Å². The summed E-state index contributed by atoms with van der Waals surface area (Å²) in [7, 11) is 0. The predicted octanol–water partition coefficient (Wildman–Crippen LogP) is 7.78. The Labute approximate surface area is 358 Å². The molecule has 11 heteroatoms. The molecular formula is C48H87NO10. The first-order valence-electron chi connectivity index (χ1n) is 23.5. The van der Waals surface area contributed by atoms with Crippen molar-refractivity contribution in [3.8, 4) is 0 Å². The van der Waals surface area contributed by atoms with Gasteiger partial charge in [0.1, 0.15) is 36.6 Å². The minimum absolute atomic E-state index is 0.237. The first-order chi connectivity index (χ1) is 28.7. The number of aliphatic hydroxyl groups is 7. The molecule has 0 bridgehead atoms. The standard InChI is InChI=1S/C48H87NO10/c1-3-5-7-9-11-13-15-17-18-19-20-21-22-24-26-28-30-32-34-36-41(52)47(57)49-39(38-58-48-46(56)45(55)44(54)42(37-50)59-48)43(53)40(51)35-33-31-29-27-25-23-16-14-12-10-8-6-4-2/h6,8,14,16,20-21,27,29,39-46,48,50-56H,3-5,7,9-13,15,17-19,22-26,28,30-38H2,1-2H3,(H,49,57)/b8-6+,16-14+,21-20-,29-27+. The quantitative estimate of drug-likeness (QED) is 0.0225. The number of unbranched alkanes of at least 4 members (excludes halogenated alkanes) is 18. The van der Waals surface area contributed by atoms with Gasteiger partial charge in [-0.05, 0) is 83.5 Å². The van der Waals surface area contributed by atoms with Crippen LogP contribution in [0, 0.1) is 0 Å². The average molecular weight is 838 g/mol. The predicted molar refractivity (Wildman–Crippen MR) is 238 cm³/mol. The van der Waals surface area contributed by atoms with Crippen LogP contribution in [-0.4, -0.2) is 110 Å². The third kappa shape index (κ3) is 27.6. The number of hydrogen-bond acceptors (Lipinski definition) is 10. The van der Waals surface area contributed by atoms with E-state index in [4.69, 9.17) is 9.47 Å². The van der Waals surface area contributed by atoms with Crippen LogP contribution in [0.3, 0.4) is 0 Å². The van der Waals surface area contributed by atoms with Gasteiger partial charge in [0.2, 0.25) is 5.91 Å². The molecule has 0 saturated carbocycles. The summed E-state index contributed by atoms with van der Waals surface area (Å²) in [6.07, 6.45) is 33.1. The molecule has 8 N–H and O–H groups in total. The molecule has 0 aliphatic carbocycles. The van der Waals surface area contributed by atoms with Crippen molar-refractivity contribution in [1.82, 2.24) is 5.32 Å². The lowest BCUT2D eigenvalue weighted by Gasteiger charge is -2.40. The van der Waals surface area contributed by atoms with Gasteiger partial charge in [0.15, 0.2) is 6.29 Å². The summed E-state index contributed by atoms with van der Waals surface area (Å²) in [6, 6.07) is -1.20. The van der Waals surface area contributed by atoms with E-state index in [1.54, 1.807) is 0 Å². The molecule has 1 saturated heterocycles. The molecule has 9 unspecified atom stereocenters. The number of nitrogens with one attached hydrogen (secondary N) is 1. The number of carbonyl (C=O) groups is 1. The van der Waals surface area contributed by atoms with Crippen molar-refractivity contribution in [2.75, 3.05) is 13.2 Å². The summed E-state index contributed by atoms with van der Waals surface area (Å²) in [5.74, 6) is -0.720. The van der Waals surface area contributed by atoms with Gasteiger partial charge >= 0.3 is 0 Å². The Hall–Kier alpha value is -1.93. The van der Waals surface area contributed by atoms with E-state index >= 15 is 0 Å². The molecule has 1 rings (SSSR count). The molecule has 1 heterocycles. The van der Waals surface area contributed by atoms with E-state index in [-0.39, 0.29) is 12.8 Å². The lowest BCUT2D eigenvalue weighted by atomic mass is 9.98. The minimum atomic E-state index is -1.67. The van der Waals surface area contributed by atoms with Crippen molar-refractivity contribution in [2.45, 2.75) is 236 Å². The first-order valence-corrected chi connectivity index (χ1v) is 23.5. The summed E-state index contributed by atoms with van der Waals surface area (Å²) >= 11 is 0. The topological polar surface area (TPSA) is 189 Å². The highest BCUT2D eigenvalue weighted by Gasteiger charge is 2.44. The number of carbonyl (C=O) groups excluding carboxylic acids is 1. The second-order valence-electron chi connectivity index (χ2n) is 16.4. The molecule has 0 aromatic heterocycles. The van der Waals surface area contributed by atoms with Crippen LogP contribution in [0.25, 0.3) is 0 Å². The number of rotatable bonds is 38. The van der Waals surface area contributed by atoms with Crippen LogP contribution in [0.15, 0.2) is 48.6 Å². The maximum atomic E-state index is 13.1. The van der Waals surface area contributed by atoms with Crippen molar-refractivity contribution in [3.63, 3.8) is 0 Å². The van der Waals surface area contributed by atoms with Crippen molar-refractivity contribution in [3.05, 3.63) is 48.6 Å². The molecule has 0 spiro atoms. The zero-order chi connectivity index (χ0) is 43.4. The molecule has 0 radical (unpaired) electrons. The second kappa shape index (κ2) is 37.8. The molecular weight excluding hydrogens is 751 g/mol. The van der Waals surface area contributed by atoms with Crippen LogP contribution in [-0.2, 0) is 14.3 Å². The largest absolute Gasteiger partial charge is 0.394 e. The van der Waals surface area contributed by atoms with Crippen molar-refractivity contribution in [2.24, 2.45) is 0 Å². The fourth-order valence-corrected chi connectivity index (χ4v) is 7.18. The number of amides is 1. The Morgan fingerprint density at radius 1 is 0.593 bits per heavy atom. The van der Waals surface area contributed by atoms with E-state index in [1.165, 1.54) is 64.2 Å². The second-order valence-corrected chi connectivity index (χ2v) is 16.4. The Balaban J connectivity index is 2.46. The van der Waals surface area contributed by atoms with Gasteiger partial charge in [-0.3, -0.25) is 4.79 Å². The van der Waals surface area contributed by atoms with E-state index in [2.05, 4.69) is 61.7 Å². The number of hydrogen-bond donors (Lipinski definition) is 8. The normalized spacial score (nSPS) is 22.2. The van der Waals surface area contributed by atoms with Gasteiger partial charge < -0.3 is 50.5 Å². The summed E-state index contributed by atoms with van der Waals surface area (Å²) in [6.45, 7) is 3.29. The van der Waals surface area contributed by atoms with Gasteiger partial charge in [-0.25, -0.2) is 0 Å². The van der Waals surface area contributed by atoms with E-state index < -0.39 is 74.2 Å². The third-order valence-corrected chi connectivity index (χ3v) is 11.1. The molecule has 1 amide bonds. The zero-order valence-corrected chi connectivity index (χ0v) is 37.0. The van der Waals surface area contributed by atoms with Gasteiger partial charge in [-0.2, -0.15) is 0 Å². The van der Waals surface area contributed by atoms with E-state index in [0.717, 1.165) is 70.6 Å². The smallest absolute Gasteiger partial charge is 0.249 e. The Morgan fingerprint density at radius 2 is 1.07 bits per heavy atom. The van der Waals surface area contributed by atoms with Gasteiger partial charge in [0, 0.05) is 0 Å². The van der Waals surface area contributed by atoms with Gasteiger partial charge in [-0.15, -0.1) is 0 Å². The Kier molecular flexibility index (Phi) is 35.3. The number of ether oxygens (including phenoxy) is 2. The van der Waals surface area contributed by atoms with Gasteiger partial charge in [0.05, 0.1) is 25.4 Å². The maximum absolute atomic E-state index is 13.1. The number of allylic oxidation sites excluding steroid dienone is 8. The van der Waals surface area contributed by atoms with Crippen molar-refractivity contribution in [1.29, 1.82) is 0 Å². The summed E-state index contributed by atoms with van der Waals surface area (Å²) in [5.41, 5.74) is 0. The molecule has 344 valence electrons. The summed E-state index contributed by atoms with van der Waals surface area (Å²) in [4.78, 5) is 13.1. The lowest BCUT2D eigenvalue weighted by molar-refractivity contribution is -0.303. The molecule has 0 aromatic rings. The molecule has 9 atom stereocenters. The zero-order valence-electron chi connectivity index (χ0n) is 37.0. The van der Waals surface area contributed by atoms with E-state index in [0.29, 0.717) is 19.3 Å². The minimum Gasteiger partial charge on any atom is -0.394 e. The van der Waals surface area contributed by atoms with Crippen LogP contribution in [0.4, 0.5) is 0 Å².